The summed E-state index contributed by atoms with van der Waals surface area (Å²) in [6, 6.07) is 13.9. The molecule has 20 heavy (non-hydrogen) atoms. The molecule has 2 aromatic heterocycles. The zero-order chi connectivity index (χ0) is 14.1. The summed E-state index contributed by atoms with van der Waals surface area (Å²) < 4.78 is 2.00. The molecule has 1 aromatic carbocycles. The highest BCUT2D eigenvalue weighted by atomic mass is 35.5. The van der Waals surface area contributed by atoms with E-state index in [1.165, 1.54) is 0 Å². The van der Waals surface area contributed by atoms with Crippen molar-refractivity contribution in [2.45, 2.75) is 19.8 Å². The van der Waals surface area contributed by atoms with Gasteiger partial charge < -0.3 is 5.32 Å². The van der Waals surface area contributed by atoms with E-state index in [2.05, 4.69) is 19.2 Å². The number of hydrogen-bond donors (Lipinski definition) is 1. The molecule has 0 spiro atoms. The SMILES string of the molecule is CC(C)c1nc2ccc(Cl)cn2c1Nc1ccccc1. The standard InChI is InChI=1S/C16H16ClN3/c1-11(2)15-16(18-13-6-4-3-5-7-13)20-10-12(17)8-9-14(20)19-15/h3-11,18H,1-2H3. The van der Waals surface area contributed by atoms with E-state index in [-0.39, 0.29) is 0 Å². The molecule has 3 nitrogen and oxygen atoms in total. The Hall–Kier alpha value is -2.00. The van der Waals surface area contributed by atoms with Crippen molar-refractivity contribution in [3.63, 3.8) is 0 Å². The number of benzene rings is 1. The van der Waals surface area contributed by atoms with E-state index in [1.54, 1.807) is 0 Å². The zero-order valence-corrected chi connectivity index (χ0v) is 12.2. The van der Waals surface area contributed by atoms with Gasteiger partial charge in [-0.2, -0.15) is 0 Å². The summed E-state index contributed by atoms with van der Waals surface area (Å²) in [6.07, 6.45) is 1.89. The Morgan fingerprint density at radius 1 is 1.10 bits per heavy atom. The number of para-hydroxylation sites is 1. The number of fused-ring (bicyclic) bond motifs is 1. The molecule has 0 fully saturated rings. The minimum Gasteiger partial charge on any atom is -0.340 e. The van der Waals surface area contributed by atoms with Crippen LogP contribution in [-0.2, 0) is 0 Å². The molecule has 4 heteroatoms. The van der Waals surface area contributed by atoms with Crippen molar-refractivity contribution >= 4 is 28.8 Å². The smallest absolute Gasteiger partial charge is 0.138 e. The van der Waals surface area contributed by atoms with E-state index in [4.69, 9.17) is 16.6 Å². The van der Waals surface area contributed by atoms with Crippen LogP contribution in [0.15, 0.2) is 48.7 Å². The third-order valence-electron chi connectivity index (χ3n) is 3.19. The molecule has 0 bridgehead atoms. The van der Waals surface area contributed by atoms with E-state index < -0.39 is 0 Å². The molecular weight excluding hydrogens is 270 g/mol. The summed E-state index contributed by atoms with van der Waals surface area (Å²) in [5.74, 6) is 1.31. The number of rotatable bonds is 3. The van der Waals surface area contributed by atoms with Crippen LogP contribution in [0.4, 0.5) is 11.5 Å². The van der Waals surface area contributed by atoms with Crippen LogP contribution in [0.25, 0.3) is 5.65 Å². The van der Waals surface area contributed by atoms with Gasteiger partial charge in [0, 0.05) is 11.9 Å². The highest BCUT2D eigenvalue weighted by Crippen LogP contribution is 2.29. The second-order valence-electron chi connectivity index (χ2n) is 5.07. The summed E-state index contributed by atoms with van der Waals surface area (Å²) in [6.45, 7) is 4.28. The first kappa shape index (κ1) is 13.0. The second-order valence-corrected chi connectivity index (χ2v) is 5.50. The normalized spacial score (nSPS) is 11.2. The topological polar surface area (TPSA) is 29.3 Å². The highest BCUT2D eigenvalue weighted by Gasteiger charge is 2.15. The fourth-order valence-corrected chi connectivity index (χ4v) is 2.38. The van der Waals surface area contributed by atoms with Crippen LogP contribution in [0, 0.1) is 0 Å². The first-order valence-corrected chi connectivity index (χ1v) is 7.02. The number of nitrogens with one attached hydrogen (secondary N) is 1. The Kier molecular flexibility index (Phi) is 3.36. The van der Waals surface area contributed by atoms with E-state index in [0.717, 1.165) is 22.8 Å². The van der Waals surface area contributed by atoms with Crippen LogP contribution in [0.3, 0.4) is 0 Å². The van der Waals surface area contributed by atoms with E-state index in [9.17, 15) is 0 Å². The van der Waals surface area contributed by atoms with Crippen LogP contribution in [-0.4, -0.2) is 9.38 Å². The number of imidazole rings is 1. The molecule has 2 heterocycles. The Balaban J connectivity index is 2.15. The van der Waals surface area contributed by atoms with Gasteiger partial charge >= 0.3 is 0 Å². The monoisotopic (exact) mass is 285 g/mol. The maximum Gasteiger partial charge on any atom is 0.138 e. The molecule has 0 unspecified atom stereocenters. The predicted molar refractivity (Wildman–Crippen MR) is 84.0 cm³/mol. The molecule has 1 N–H and O–H groups in total. The van der Waals surface area contributed by atoms with Crippen LogP contribution in [0.5, 0.6) is 0 Å². The molecule has 0 aliphatic rings. The predicted octanol–water partition coefficient (Wildman–Crippen LogP) is 4.85. The Morgan fingerprint density at radius 2 is 1.85 bits per heavy atom. The van der Waals surface area contributed by atoms with Gasteiger partial charge in [0.1, 0.15) is 11.5 Å². The van der Waals surface area contributed by atoms with Crippen molar-refractivity contribution in [1.29, 1.82) is 0 Å². The van der Waals surface area contributed by atoms with Gasteiger partial charge in [-0.25, -0.2) is 4.98 Å². The van der Waals surface area contributed by atoms with Crippen molar-refractivity contribution in [3.05, 3.63) is 59.4 Å². The lowest BCUT2D eigenvalue weighted by Crippen LogP contribution is -1.99. The molecule has 3 rings (SSSR count). The third-order valence-corrected chi connectivity index (χ3v) is 3.42. The van der Waals surface area contributed by atoms with Crippen LogP contribution < -0.4 is 5.32 Å². The van der Waals surface area contributed by atoms with E-state index >= 15 is 0 Å². The molecule has 0 saturated carbocycles. The summed E-state index contributed by atoms with van der Waals surface area (Å²) in [5.41, 5.74) is 2.98. The van der Waals surface area contributed by atoms with Crippen LogP contribution >= 0.6 is 11.6 Å². The van der Waals surface area contributed by atoms with Gasteiger partial charge in [-0.05, 0) is 30.2 Å². The Bertz CT molecular complexity index is 732. The molecular formula is C16H16ClN3. The van der Waals surface area contributed by atoms with Crippen molar-refractivity contribution in [2.75, 3.05) is 5.32 Å². The van der Waals surface area contributed by atoms with E-state index in [1.807, 2.05) is 53.1 Å². The quantitative estimate of drug-likeness (QED) is 0.745. The number of pyridine rings is 1. The number of hydrogen-bond acceptors (Lipinski definition) is 2. The van der Waals surface area contributed by atoms with Gasteiger partial charge in [0.2, 0.25) is 0 Å². The van der Waals surface area contributed by atoms with Gasteiger partial charge in [0.25, 0.3) is 0 Å². The molecule has 102 valence electrons. The maximum absolute atomic E-state index is 6.11. The molecule has 0 aliphatic heterocycles. The summed E-state index contributed by atoms with van der Waals surface area (Å²) in [5, 5.41) is 4.14. The van der Waals surface area contributed by atoms with Gasteiger partial charge in [-0.3, -0.25) is 4.40 Å². The first-order chi connectivity index (χ1) is 9.65. The third kappa shape index (κ3) is 2.37. The van der Waals surface area contributed by atoms with Gasteiger partial charge in [0.05, 0.1) is 10.7 Å². The number of aromatic nitrogens is 2. The first-order valence-electron chi connectivity index (χ1n) is 6.65. The maximum atomic E-state index is 6.11. The van der Waals surface area contributed by atoms with Gasteiger partial charge in [0.15, 0.2) is 0 Å². The average Bonchev–Trinajstić information content (AvgIpc) is 2.78. The van der Waals surface area contributed by atoms with Gasteiger partial charge in [-0.1, -0.05) is 43.6 Å². The summed E-state index contributed by atoms with van der Waals surface area (Å²) >= 11 is 6.11. The molecule has 0 saturated heterocycles. The van der Waals surface area contributed by atoms with Crippen molar-refractivity contribution in [1.82, 2.24) is 9.38 Å². The molecule has 3 aromatic rings. The average molecular weight is 286 g/mol. The second kappa shape index (κ2) is 5.17. The number of halogens is 1. The fourth-order valence-electron chi connectivity index (χ4n) is 2.22. The minimum absolute atomic E-state index is 0.333. The molecule has 0 amide bonds. The van der Waals surface area contributed by atoms with Crippen molar-refractivity contribution < 1.29 is 0 Å². The van der Waals surface area contributed by atoms with Gasteiger partial charge in [-0.15, -0.1) is 0 Å². The molecule has 0 aliphatic carbocycles. The highest BCUT2D eigenvalue weighted by molar-refractivity contribution is 6.30. The van der Waals surface area contributed by atoms with Crippen molar-refractivity contribution in [2.24, 2.45) is 0 Å². The largest absolute Gasteiger partial charge is 0.340 e. The van der Waals surface area contributed by atoms with Crippen LogP contribution in [0.1, 0.15) is 25.5 Å². The Morgan fingerprint density at radius 3 is 2.55 bits per heavy atom. The molecule has 0 radical (unpaired) electrons. The molecule has 0 atom stereocenters. The number of nitrogens with zero attached hydrogens (tertiary/aromatic N) is 2. The lowest BCUT2D eigenvalue weighted by Gasteiger charge is -2.10. The summed E-state index contributed by atoms with van der Waals surface area (Å²) in [4.78, 5) is 4.69. The van der Waals surface area contributed by atoms with E-state index in [0.29, 0.717) is 10.9 Å². The number of anilines is 2. The Labute approximate surface area is 123 Å². The van der Waals surface area contributed by atoms with Crippen molar-refractivity contribution in [3.8, 4) is 0 Å². The summed E-state index contributed by atoms with van der Waals surface area (Å²) in [7, 11) is 0. The zero-order valence-electron chi connectivity index (χ0n) is 11.5. The van der Waals surface area contributed by atoms with Crippen LogP contribution in [0.2, 0.25) is 5.02 Å². The lowest BCUT2D eigenvalue weighted by atomic mass is 10.1. The minimum atomic E-state index is 0.333. The fraction of sp³-hybridized carbons (Fsp3) is 0.188. The lowest BCUT2D eigenvalue weighted by molar-refractivity contribution is 0.837.